The van der Waals surface area contributed by atoms with Gasteiger partial charge < -0.3 is 10.1 Å². The van der Waals surface area contributed by atoms with Crippen LogP contribution in [-0.4, -0.2) is 51.5 Å². The average molecular weight is 490 g/mol. The van der Waals surface area contributed by atoms with Gasteiger partial charge in [-0.3, -0.25) is 9.69 Å². The number of amides is 1. The normalized spacial score (nSPS) is 22.4. The summed E-state index contributed by atoms with van der Waals surface area (Å²) >= 11 is 5.65. The minimum absolute atomic E-state index is 0.0335. The maximum absolute atomic E-state index is 12.6. The largest absolute Gasteiger partial charge is 0.457 e. The summed E-state index contributed by atoms with van der Waals surface area (Å²) < 4.78 is 5.89. The van der Waals surface area contributed by atoms with Crippen LogP contribution in [0.3, 0.4) is 0 Å². The second-order valence-electron chi connectivity index (χ2n) is 5.64. The number of alkyl halides is 1. The van der Waals surface area contributed by atoms with Crippen molar-refractivity contribution < 1.29 is 14.3 Å². The van der Waals surface area contributed by atoms with E-state index >= 15 is 0 Å². The number of β-lactam (4-membered cyclic amide) rings is 1. The zero-order valence-electron chi connectivity index (χ0n) is 13.6. The first kappa shape index (κ1) is 18.9. The van der Waals surface area contributed by atoms with E-state index in [1.54, 1.807) is 28.0 Å². The van der Waals surface area contributed by atoms with Crippen LogP contribution in [0.4, 0.5) is 0 Å². The Morgan fingerprint density at radius 1 is 1.56 bits per heavy atom. The summed E-state index contributed by atoms with van der Waals surface area (Å²) in [6, 6.07) is 3.90. The predicted molar refractivity (Wildman–Crippen MR) is 110 cm³/mol. The van der Waals surface area contributed by atoms with E-state index in [1.165, 1.54) is 11.0 Å². The Morgan fingerprint density at radius 2 is 2.40 bits per heavy atom. The van der Waals surface area contributed by atoms with E-state index in [2.05, 4.69) is 45.9 Å². The van der Waals surface area contributed by atoms with Gasteiger partial charge in [0.05, 0.1) is 0 Å². The molecule has 2 aliphatic rings. The molecule has 1 fully saturated rings. The number of rotatable bonds is 8. The van der Waals surface area contributed by atoms with Crippen LogP contribution in [0, 0.1) is 0 Å². The number of thioether (sulfide) groups is 1. The van der Waals surface area contributed by atoms with E-state index in [1.807, 2.05) is 6.07 Å². The molecule has 0 aromatic carbocycles. The van der Waals surface area contributed by atoms with Crippen molar-refractivity contribution in [3.63, 3.8) is 0 Å². The molecule has 5 nitrogen and oxygen atoms in total. The lowest BCUT2D eigenvalue weighted by Gasteiger charge is -2.50. The Bertz CT molecular complexity index is 690. The number of hydrogen-bond acceptors (Lipinski definition) is 6. The number of thiophene rings is 1. The van der Waals surface area contributed by atoms with Gasteiger partial charge in [0.1, 0.15) is 23.7 Å². The molecule has 0 spiro atoms. The van der Waals surface area contributed by atoms with Crippen LogP contribution in [0.25, 0.3) is 0 Å². The lowest BCUT2D eigenvalue weighted by molar-refractivity contribution is -0.151. The fourth-order valence-corrected chi connectivity index (χ4v) is 5.92. The van der Waals surface area contributed by atoms with Crippen molar-refractivity contribution in [3.8, 4) is 0 Å². The van der Waals surface area contributed by atoms with Crippen molar-refractivity contribution >= 4 is 57.6 Å². The fraction of sp³-hybridized carbons (Fsp3) is 0.412. The smallest absolute Gasteiger partial charge is 0.355 e. The minimum atomic E-state index is -0.428. The highest BCUT2D eigenvalue weighted by molar-refractivity contribution is 14.1. The Kier molecular flexibility index (Phi) is 6.59. The summed E-state index contributed by atoms with van der Waals surface area (Å²) in [6.07, 6.45) is 2.44. The van der Waals surface area contributed by atoms with Gasteiger partial charge >= 0.3 is 5.97 Å². The van der Waals surface area contributed by atoms with Crippen molar-refractivity contribution in [2.75, 3.05) is 23.3 Å². The van der Waals surface area contributed by atoms with Gasteiger partial charge in [0.15, 0.2) is 0 Å². The third kappa shape index (κ3) is 3.96. The van der Waals surface area contributed by atoms with Crippen molar-refractivity contribution in [3.05, 3.63) is 46.3 Å². The zero-order chi connectivity index (χ0) is 17.8. The molecule has 0 bridgehead atoms. The molecule has 1 aromatic heterocycles. The molecule has 25 heavy (non-hydrogen) atoms. The van der Waals surface area contributed by atoms with Crippen LogP contribution in [-0.2, 0) is 20.7 Å². The Hall–Kier alpha value is -0.840. The van der Waals surface area contributed by atoms with E-state index in [0.29, 0.717) is 10.1 Å². The standard InChI is InChI=1S/C17H19IN2O3S2/c1-2-7-23-17(22)14-11(9-18)10-25-16-13(15(21)20(14)16)19-6-5-12-4-3-8-24-12/h2-4,8,13,16,19H,1,5-7,9-10H2/t13-,16-/m1/s1. The number of fused-ring (bicyclic) bond motifs is 1. The van der Waals surface area contributed by atoms with Gasteiger partial charge in [0, 0.05) is 21.6 Å². The molecule has 0 saturated carbocycles. The summed E-state index contributed by atoms with van der Waals surface area (Å²) in [5.74, 6) is 0.275. The maximum Gasteiger partial charge on any atom is 0.355 e. The molecule has 2 aliphatic heterocycles. The summed E-state index contributed by atoms with van der Waals surface area (Å²) in [6.45, 7) is 4.46. The molecule has 1 amide bonds. The SMILES string of the molecule is C=CCOC(=O)C1=C(CI)CS[C@@H]2[C@H](NCCc3cccs3)C(=O)N12. The summed E-state index contributed by atoms with van der Waals surface area (Å²) in [4.78, 5) is 27.9. The minimum Gasteiger partial charge on any atom is -0.457 e. The van der Waals surface area contributed by atoms with Gasteiger partial charge in [-0.25, -0.2) is 4.79 Å². The van der Waals surface area contributed by atoms with Crippen LogP contribution < -0.4 is 5.32 Å². The second kappa shape index (κ2) is 8.70. The molecule has 1 aromatic rings. The van der Waals surface area contributed by atoms with Gasteiger partial charge in [-0.2, -0.15) is 0 Å². The first-order chi connectivity index (χ1) is 12.2. The van der Waals surface area contributed by atoms with E-state index in [4.69, 9.17) is 4.74 Å². The summed E-state index contributed by atoms with van der Waals surface area (Å²) in [5.41, 5.74) is 1.39. The second-order valence-corrected chi connectivity index (χ2v) is 8.54. The third-order valence-corrected chi connectivity index (χ3v) is 7.25. The number of halogens is 1. The lowest BCUT2D eigenvalue weighted by Crippen LogP contribution is -2.70. The molecule has 3 heterocycles. The Labute approximate surface area is 169 Å². The molecule has 134 valence electrons. The highest BCUT2D eigenvalue weighted by Crippen LogP contribution is 2.41. The summed E-state index contributed by atoms with van der Waals surface area (Å²) in [5, 5.41) is 5.37. The third-order valence-electron chi connectivity index (χ3n) is 4.05. The fourth-order valence-electron chi connectivity index (χ4n) is 2.84. The predicted octanol–water partition coefficient (Wildman–Crippen LogP) is 2.58. The first-order valence-corrected chi connectivity index (χ1v) is 11.4. The van der Waals surface area contributed by atoms with Crippen molar-refractivity contribution in [2.45, 2.75) is 17.8 Å². The molecule has 1 N–H and O–H groups in total. The highest BCUT2D eigenvalue weighted by atomic mass is 127. The van der Waals surface area contributed by atoms with Crippen LogP contribution >= 0.6 is 45.7 Å². The number of nitrogens with one attached hydrogen (secondary N) is 1. The first-order valence-electron chi connectivity index (χ1n) is 7.93. The van der Waals surface area contributed by atoms with Crippen LogP contribution in [0.15, 0.2) is 41.4 Å². The van der Waals surface area contributed by atoms with Crippen LogP contribution in [0.2, 0.25) is 0 Å². The number of nitrogens with zero attached hydrogens (tertiary/aromatic N) is 1. The van der Waals surface area contributed by atoms with Gasteiger partial charge in [-0.05, 0) is 23.4 Å². The Morgan fingerprint density at radius 3 is 3.08 bits per heavy atom. The highest BCUT2D eigenvalue weighted by Gasteiger charge is 2.53. The molecule has 1 saturated heterocycles. The number of ether oxygens (including phenoxy) is 1. The quantitative estimate of drug-likeness (QED) is 0.200. The molecule has 2 atom stereocenters. The van der Waals surface area contributed by atoms with Gasteiger partial charge in [-0.1, -0.05) is 41.3 Å². The van der Waals surface area contributed by atoms with E-state index in [-0.39, 0.29) is 23.9 Å². The molecule has 8 heteroatoms. The average Bonchev–Trinajstić information content (AvgIpc) is 3.15. The zero-order valence-corrected chi connectivity index (χ0v) is 17.4. The molecular formula is C17H19IN2O3S2. The van der Waals surface area contributed by atoms with Crippen molar-refractivity contribution in [2.24, 2.45) is 0 Å². The van der Waals surface area contributed by atoms with Gasteiger partial charge in [0.2, 0.25) is 5.91 Å². The number of hydrogen-bond donors (Lipinski definition) is 1. The number of carbonyl (C=O) groups is 2. The lowest BCUT2D eigenvalue weighted by atomic mass is 10.0. The Balaban J connectivity index is 1.64. The van der Waals surface area contributed by atoms with Crippen molar-refractivity contribution in [1.82, 2.24) is 10.2 Å². The number of esters is 1. The molecule has 0 radical (unpaired) electrons. The number of carbonyl (C=O) groups excluding carboxylic acids is 2. The molecule has 0 aliphatic carbocycles. The van der Waals surface area contributed by atoms with Crippen molar-refractivity contribution in [1.29, 1.82) is 0 Å². The van der Waals surface area contributed by atoms with E-state index in [9.17, 15) is 9.59 Å². The van der Waals surface area contributed by atoms with Gasteiger partial charge in [-0.15, -0.1) is 23.1 Å². The summed E-state index contributed by atoms with van der Waals surface area (Å²) in [7, 11) is 0. The monoisotopic (exact) mass is 490 g/mol. The van der Waals surface area contributed by atoms with E-state index in [0.717, 1.165) is 24.3 Å². The maximum atomic E-state index is 12.6. The topological polar surface area (TPSA) is 58.6 Å². The molecule has 3 rings (SSSR count). The van der Waals surface area contributed by atoms with Crippen LogP contribution in [0.1, 0.15) is 4.88 Å². The van der Waals surface area contributed by atoms with Gasteiger partial charge in [0.25, 0.3) is 0 Å². The van der Waals surface area contributed by atoms with Crippen LogP contribution in [0.5, 0.6) is 0 Å². The molecule has 0 unspecified atom stereocenters. The van der Waals surface area contributed by atoms with E-state index < -0.39 is 5.97 Å². The molecular weight excluding hydrogens is 471 g/mol.